The molecule has 0 aromatic heterocycles. The summed E-state index contributed by atoms with van der Waals surface area (Å²) >= 11 is 0. The Bertz CT molecular complexity index is 790. The second-order valence-corrected chi connectivity index (χ2v) is 5.79. The van der Waals surface area contributed by atoms with Crippen molar-refractivity contribution in [3.05, 3.63) is 109 Å². The molecule has 0 amide bonds. The summed E-state index contributed by atoms with van der Waals surface area (Å²) in [7, 11) is 0. The number of rotatable bonds is 3. The van der Waals surface area contributed by atoms with E-state index in [1.165, 1.54) is 22.3 Å². The summed E-state index contributed by atoms with van der Waals surface area (Å²) in [5, 5.41) is 0. The van der Waals surface area contributed by atoms with E-state index >= 15 is 0 Å². The Labute approximate surface area is 164 Å². The van der Waals surface area contributed by atoms with Crippen LogP contribution in [0.4, 0.5) is 0 Å². The van der Waals surface area contributed by atoms with Crippen LogP contribution < -0.4 is 0 Å². The van der Waals surface area contributed by atoms with E-state index in [4.69, 9.17) is 0 Å². The van der Waals surface area contributed by atoms with Gasteiger partial charge in [0.05, 0.1) is 0 Å². The van der Waals surface area contributed by atoms with Crippen LogP contribution in [-0.2, 0) is 22.4 Å². The molecular weight excluding hydrogens is 396 g/mol. The zero-order valence-electron chi connectivity index (χ0n) is 13.6. The quantitative estimate of drug-likeness (QED) is 0.266. The third-order valence-electron chi connectivity index (χ3n) is 4.15. The van der Waals surface area contributed by atoms with Crippen LogP contribution in [0.25, 0.3) is 33.4 Å². The molecule has 0 aliphatic carbocycles. The van der Waals surface area contributed by atoms with E-state index in [2.05, 4.69) is 97.1 Å². The van der Waals surface area contributed by atoms with Crippen LogP contribution in [0.2, 0.25) is 0 Å². The van der Waals surface area contributed by atoms with E-state index in [0.717, 1.165) is 11.1 Å². The molecule has 4 aromatic carbocycles. The molecule has 0 nitrogen and oxygen atoms in total. The average Bonchev–Trinajstić information content (AvgIpc) is 2.70. The zero-order chi connectivity index (χ0) is 16.2. The zero-order valence-corrected chi connectivity index (χ0v) is 15.1. The van der Waals surface area contributed by atoms with Crippen LogP contribution in [0.1, 0.15) is 0 Å². The van der Waals surface area contributed by atoms with Gasteiger partial charge in [-0.2, -0.15) is 0 Å². The van der Waals surface area contributed by atoms with Crippen molar-refractivity contribution in [3.63, 3.8) is 0 Å². The Morgan fingerprint density at radius 2 is 0.760 bits per heavy atom. The standard InChI is InChI=1S/C24H17.Ag/c1-4-10-19(11-5-1)22-16-23(20-12-6-2-7-13-20)18-24(17-22)21-14-8-3-9-15-21;/h1-17H;/q-1;+1. The molecule has 0 fully saturated rings. The summed E-state index contributed by atoms with van der Waals surface area (Å²) in [6.45, 7) is 0. The van der Waals surface area contributed by atoms with Gasteiger partial charge < -0.3 is 0 Å². The molecule has 0 bridgehead atoms. The average molecular weight is 413 g/mol. The van der Waals surface area contributed by atoms with Gasteiger partial charge in [0.15, 0.2) is 0 Å². The predicted molar refractivity (Wildman–Crippen MR) is 102 cm³/mol. The first-order chi connectivity index (χ1) is 11.9. The van der Waals surface area contributed by atoms with Gasteiger partial charge in [-0.25, -0.2) is 0 Å². The van der Waals surface area contributed by atoms with Gasteiger partial charge in [0.1, 0.15) is 0 Å². The smallest absolute Gasteiger partial charge is 0.118 e. The first-order valence-electron chi connectivity index (χ1n) is 8.14. The summed E-state index contributed by atoms with van der Waals surface area (Å²) in [6, 6.07) is 39.4. The van der Waals surface area contributed by atoms with Gasteiger partial charge in [0.2, 0.25) is 0 Å². The Kier molecular flexibility index (Phi) is 5.67. The maximum absolute atomic E-state index is 3.59. The number of hydrogen-bond acceptors (Lipinski definition) is 0. The van der Waals surface area contributed by atoms with Crippen LogP contribution in [0.3, 0.4) is 0 Å². The first kappa shape index (κ1) is 17.4. The summed E-state index contributed by atoms with van der Waals surface area (Å²) < 4.78 is 0. The Morgan fingerprint density at radius 3 is 1.16 bits per heavy atom. The third-order valence-corrected chi connectivity index (χ3v) is 4.15. The van der Waals surface area contributed by atoms with Gasteiger partial charge >= 0.3 is 22.4 Å². The van der Waals surface area contributed by atoms with Crippen LogP contribution in [-0.4, -0.2) is 0 Å². The molecule has 4 aromatic rings. The van der Waals surface area contributed by atoms with E-state index in [0.29, 0.717) is 0 Å². The van der Waals surface area contributed by atoms with Crippen molar-refractivity contribution < 1.29 is 22.4 Å². The fourth-order valence-corrected chi connectivity index (χ4v) is 2.91. The summed E-state index contributed by atoms with van der Waals surface area (Å²) in [6.07, 6.45) is 0. The molecule has 0 aliphatic heterocycles. The fourth-order valence-electron chi connectivity index (χ4n) is 2.91. The maximum atomic E-state index is 3.59. The largest absolute Gasteiger partial charge is 1.00 e. The molecular formula is C24H17Ag. The van der Waals surface area contributed by atoms with E-state index in [1.54, 1.807) is 0 Å². The van der Waals surface area contributed by atoms with Crippen molar-refractivity contribution in [2.24, 2.45) is 0 Å². The molecule has 0 saturated heterocycles. The molecule has 0 aliphatic rings. The maximum Gasteiger partial charge on any atom is 1.00 e. The Hall–Kier alpha value is -2.38. The summed E-state index contributed by atoms with van der Waals surface area (Å²) in [4.78, 5) is 0. The molecule has 0 radical (unpaired) electrons. The number of benzene rings is 4. The van der Waals surface area contributed by atoms with Gasteiger partial charge in [-0.3, -0.25) is 0 Å². The second kappa shape index (κ2) is 8.13. The molecule has 0 unspecified atom stereocenters. The Morgan fingerprint density at radius 1 is 0.400 bits per heavy atom. The van der Waals surface area contributed by atoms with Gasteiger partial charge in [-0.1, -0.05) is 108 Å². The van der Waals surface area contributed by atoms with E-state index < -0.39 is 0 Å². The molecule has 1 heteroatoms. The molecule has 0 saturated carbocycles. The third kappa shape index (κ3) is 4.00. The Balaban J connectivity index is 0.00000182. The summed E-state index contributed by atoms with van der Waals surface area (Å²) in [5.41, 5.74) is 7.06. The van der Waals surface area contributed by atoms with Crippen LogP contribution in [0.5, 0.6) is 0 Å². The van der Waals surface area contributed by atoms with Crippen molar-refractivity contribution in [2.45, 2.75) is 0 Å². The number of hydrogen-bond donors (Lipinski definition) is 0. The van der Waals surface area contributed by atoms with Crippen molar-refractivity contribution >= 4 is 0 Å². The minimum atomic E-state index is 0. The van der Waals surface area contributed by atoms with Gasteiger partial charge in [-0.05, 0) is 5.56 Å². The van der Waals surface area contributed by atoms with Crippen LogP contribution >= 0.6 is 0 Å². The molecule has 0 heterocycles. The van der Waals surface area contributed by atoms with Gasteiger partial charge in [-0.15, -0.1) is 29.3 Å². The normalized spacial score (nSPS) is 10.1. The second-order valence-electron chi connectivity index (χ2n) is 5.79. The van der Waals surface area contributed by atoms with Gasteiger partial charge in [0, 0.05) is 0 Å². The van der Waals surface area contributed by atoms with Crippen LogP contribution in [0, 0.1) is 6.07 Å². The molecule has 124 valence electrons. The monoisotopic (exact) mass is 412 g/mol. The molecule has 0 atom stereocenters. The van der Waals surface area contributed by atoms with Crippen LogP contribution in [0.15, 0.2) is 103 Å². The molecule has 0 spiro atoms. The fraction of sp³-hybridized carbons (Fsp3) is 0. The molecule has 4 rings (SSSR count). The van der Waals surface area contributed by atoms with Crippen molar-refractivity contribution in [1.82, 2.24) is 0 Å². The minimum Gasteiger partial charge on any atom is -0.118 e. The first-order valence-corrected chi connectivity index (χ1v) is 8.14. The van der Waals surface area contributed by atoms with Crippen molar-refractivity contribution in [1.29, 1.82) is 0 Å². The SMILES string of the molecule is [Ag+].[c-]1c(-c2ccccc2)cc(-c2ccccc2)cc1-c1ccccc1. The van der Waals surface area contributed by atoms with Crippen molar-refractivity contribution in [2.75, 3.05) is 0 Å². The van der Waals surface area contributed by atoms with Gasteiger partial charge in [0.25, 0.3) is 0 Å². The van der Waals surface area contributed by atoms with E-state index in [9.17, 15) is 0 Å². The molecule has 0 N–H and O–H groups in total. The topological polar surface area (TPSA) is 0 Å². The molecule has 25 heavy (non-hydrogen) atoms. The van der Waals surface area contributed by atoms with E-state index in [1.807, 2.05) is 12.1 Å². The van der Waals surface area contributed by atoms with E-state index in [-0.39, 0.29) is 22.4 Å². The summed E-state index contributed by atoms with van der Waals surface area (Å²) in [5.74, 6) is 0. The van der Waals surface area contributed by atoms with Crippen molar-refractivity contribution in [3.8, 4) is 33.4 Å². The predicted octanol–water partition coefficient (Wildman–Crippen LogP) is 6.49. The minimum absolute atomic E-state index is 0.